The number of halogens is 1. The summed E-state index contributed by atoms with van der Waals surface area (Å²) in [7, 11) is 0. The van der Waals surface area contributed by atoms with Crippen molar-refractivity contribution >= 4 is 15.9 Å². The lowest BCUT2D eigenvalue weighted by molar-refractivity contribution is 0.515. The zero-order chi connectivity index (χ0) is 6.20. The second-order valence-corrected chi connectivity index (χ2v) is 3.52. The molecule has 8 heavy (non-hydrogen) atoms. The van der Waals surface area contributed by atoms with Gasteiger partial charge in [0.25, 0.3) is 0 Å². The van der Waals surface area contributed by atoms with Crippen molar-refractivity contribution in [3.05, 3.63) is 0 Å². The molecule has 0 saturated heterocycles. The van der Waals surface area contributed by atoms with Crippen LogP contribution in [0, 0.1) is 11.3 Å². The molecule has 48 valence electrons. The first-order valence-corrected chi connectivity index (χ1v) is 4.43. The summed E-state index contributed by atoms with van der Waals surface area (Å²) < 4.78 is 0. The van der Waals surface area contributed by atoms with Crippen molar-refractivity contribution in [3.63, 3.8) is 0 Å². The summed E-state index contributed by atoms with van der Waals surface area (Å²) in [6.07, 6.45) is 2.79. The zero-order valence-corrected chi connectivity index (χ0v) is 7.16. The molecule has 0 spiro atoms. The molecule has 0 aromatic heterocycles. The van der Waals surface area contributed by atoms with E-state index in [1.54, 1.807) is 0 Å². The Morgan fingerprint density at radius 2 is 2.25 bits per heavy atom. The number of rotatable bonds is 2. The predicted molar refractivity (Wildman–Crippen MR) is 40.3 cm³/mol. The van der Waals surface area contributed by atoms with Crippen LogP contribution in [0.15, 0.2) is 0 Å². The maximum Gasteiger partial charge on any atom is 0.00905 e. The standard InChI is InChI=1S/C7H13Br/c1-3-7(5-8)4-6(7)2/h6H,3-5H2,1-2H3. The topological polar surface area (TPSA) is 0 Å². The van der Waals surface area contributed by atoms with Crippen LogP contribution in [0.5, 0.6) is 0 Å². The van der Waals surface area contributed by atoms with Crippen LogP contribution in [-0.2, 0) is 0 Å². The molecule has 1 aliphatic rings. The van der Waals surface area contributed by atoms with Crippen LogP contribution in [-0.4, -0.2) is 5.33 Å². The van der Waals surface area contributed by atoms with Crippen LogP contribution < -0.4 is 0 Å². The first-order chi connectivity index (χ1) is 3.75. The average Bonchev–Trinajstić information content (AvgIpc) is 2.43. The van der Waals surface area contributed by atoms with E-state index in [9.17, 15) is 0 Å². The van der Waals surface area contributed by atoms with Gasteiger partial charge in [-0.05, 0) is 24.2 Å². The minimum atomic E-state index is 0.708. The van der Waals surface area contributed by atoms with Crippen molar-refractivity contribution in [2.75, 3.05) is 5.33 Å². The molecule has 1 fully saturated rings. The van der Waals surface area contributed by atoms with E-state index in [0.717, 1.165) is 5.92 Å². The molecule has 2 unspecified atom stereocenters. The van der Waals surface area contributed by atoms with Crippen LogP contribution in [0.1, 0.15) is 26.7 Å². The van der Waals surface area contributed by atoms with Gasteiger partial charge in [-0.3, -0.25) is 0 Å². The Balaban J connectivity index is 2.39. The third-order valence-corrected chi connectivity index (χ3v) is 3.68. The van der Waals surface area contributed by atoms with Crippen LogP contribution in [0.2, 0.25) is 0 Å². The third-order valence-electron chi connectivity index (χ3n) is 2.57. The van der Waals surface area contributed by atoms with Crippen molar-refractivity contribution in [2.24, 2.45) is 11.3 Å². The molecule has 0 radical (unpaired) electrons. The highest BCUT2D eigenvalue weighted by molar-refractivity contribution is 9.09. The lowest BCUT2D eigenvalue weighted by atomic mass is 10.0. The number of alkyl halides is 1. The van der Waals surface area contributed by atoms with Gasteiger partial charge in [-0.2, -0.15) is 0 Å². The Morgan fingerprint density at radius 3 is 2.25 bits per heavy atom. The van der Waals surface area contributed by atoms with Crippen LogP contribution in [0.3, 0.4) is 0 Å². The van der Waals surface area contributed by atoms with Gasteiger partial charge in [0.2, 0.25) is 0 Å². The molecule has 0 bridgehead atoms. The van der Waals surface area contributed by atoms with E-state index >= 15 is 0 Å². The summed E-state index contributed by atoms with van der Waals surface area (Å²) >= 11 is 3.53. The Labute approximate surface area is 59.8 Å². The van der Waals surface area contributed by atoms with Crippen LogP contribution in [0.4, 0.5) is 0 Å². The van der Waals surface area contributed by atoms with Gasteiger partial charge in [0.1, 0.15) is 0 Å². The summed E-state index contributed by atoms with van der Waals surface area (Å²) in [6, 6.07) is 0. The summed E-state index contributed by atoms with van der Waals surface area (Å²) in [5.41, 5.74) is 0.708. The van der Waals surface area contributed by atoms with E-state index in [-0.39, 0.29) is 0 Å². The predicted octanol–water partition coefficient (Wildman–Crippen LogP) is 2.82. The van der Waals surface area contributed by atoms with E-state index in [1.807, 2.05) is 0 Å². The largest absolute Gasteiger partial charge is 0.0922 e. The van der Waals surface area contributed by atoms with Crippen molar-refractivity contribution in [2.45, 2.75) is 26.7 Å². The fraction of sp³-hybridized carbons (Fsp3) is 1.00. The van der Waals surface area contributed by atoms with Crippen LogP contribution >= 0.6 is 15.9 Å². The monoisotopic (exact) mass is 176 g/mol. The Hall–Kier alpha value is 0.480. The second kappa shape index (κ2) is 2.02. The SMILES string of the molecule is CCC1(CBr)CC1C. The molecule has 0 heterocycles. The van der Waals surface area contributed by atoms with Gasteiger partial charge in [0, 0.05) is 5.33 Å². The van der Waals surface area contributed by atoms with Crippen molar-refractivity contribution in [1.29, 1.82) is 0 Å². The first kappa shape index (κ1) is 6.60. The first-order valence-electron chi connectivity index (χ1n) is 3.31. The molecule has 2 atom stereocenters. The number of hydrogen-bond donors (Lipinski definition) is 0. The van der Waals surface area contributed by atoms with Gasteiger partial charge in [-0.15, -0.1) is 0 Å². The molecule has 0 aromatic rings. The fourth-order valence-corrected chi connectivity index (χ4v) is 2.50. The summed E-state index contributed by atoms with van der Waals surface area (Å²) in [4.78, 5) is 0. The minimum Gasteiger partial charge on any atom is -0.0922 e. The van der Waals surface area contributed by atoms with Crippen molar-refractivity contribution in [3.8, 4) is 0 Å². The molecule has 0 nitrogen and oxygen atoms in total. The molecule has 1 heteroatoms. The quantitative estimate of drug-likeness (QED) is 0.569. The summed E-state index contributed by atoms with van der Waals surface area (Å²) in [6.45, 7) is 4.62. The average molecular weight is 177 g/mol. The third kappa shape index (κ3) is 0.812. The highest BCUT2D eigenvalue weighted by atomic mass is 79.9. The smallest absolute Gasteiger partial charge is 0.00905 e. The molecule has 0 aromatic carbocycles. The van der Waals surface area contributed by atoms with Gasteiger partial charge >= 0.3 is 0 Å². The molecule has 0 aliphatic heterocycles. The Kier molecular flexibility index (Phi) is 1.66. The van der Waals surface area contributed by atoms with E-state index in [1.165, 1.54) is 18.2 Å². The zero-order valence-electron chi connectivity index (χ0n) is 5.58. The van der Waals surface area contributed by atoms with Crippen molar-refractivity contribution < 1.29 is 0 Å². The molecule has 1 rings (SSSR count). The van der Waals surface area contributed by atoms with E-state index in [2.05, 4.69) is 29.8 Å². The molecule has 1 saturated carbocycles. The van der Waals surface area contributed by atoms with Gasteiger partial charge in [-0.1, -0.05) is 29.8 Å². The molecular weight excluding hydrogens is 164 g/mol. The van der Waals surface area contributed by atoms with E-state index in [0.29, 0.717) is 5.41 Å². The van der Waals surface area contributed by atoms with Crippen LogP contribution in [0.25, 0.3) is 0 Å². The molecule has 0 amide bonds. The maximum absolute atomic E-state index is 3.53. The van der Waals surface area contributed by atoms with Gasteiger partial charge in [-0.25, -0.2) is 0 Å². The lowest BCUT2D eigenvalue weighted by Crippen LogP contribution is -2.01. The summed E-state index contributed by atoms with van der Waals surface area (Å²) in [5.74, 6) is 0.979. The lowest BCUT2D eigenvalue weighted by Gasteiger charge is -2.06. The molecule has 0 N–H and O–H groups in total. The van der Waals surface area contributed by atoms with Crippen molar-refractivity contribution in [1.82, 2.24) is 0 Å². The minimum absolute atomic E-state index is 0.708. The Morgan fingerprint density at radius 1 is 1.75 bits per heavy atom. The van der Waals surface area contributed by atoms with E-state index < -0.39 is 0 Å². The van der Waals surface area contributed by atoms with Gasteiger partial charge in [0.15, 0.2) is 0 Å². The van der Waals surface area contributed by atoms with Gasteiger partial charge < -0.3 is 0 Å². The van der Waals surface area contributed by atoms with Gasteiger partial charge in [0.05, 0.1) is 0 Å². The normalized spacial score (nSPS) is 44.6. The molecular formula is C7H13Br. The van der Waals surface area contributed by atoms with E-state index in [4.69, 9.17) is 0 Å². The number of hydrogen-bond acceptors (Lipinski definition) is 0. The maximum atomic E-state index is 3.53. The highest BCUT2D eigenvalue weighted by Crippen LogP contribution is 2.55. The Bertz CT molecular complexity index is 78.9. The molecule has 1 aliphatic carbocycles. The highest BCUT2D eigenvalue weighted by Gasteiger charge is 2.47. The fourth-order valence-electron chi connectivity index (χ4n) is 1.32. The summed E-state index contributed by atoms with van der Waals surface area (Å²) in [5, 5.41) is 1.21. The second-order valence-electron chi connectivity index (χ2n) is 2.95.